The first-order chi connectivity index (χ1) is 9.65. The fraction of sp³-hybridized carbons (Fsp3) is 0.368. The molecule has 2 unspecified atom stereocenters. The van der Waals surface area contributed by atoms with Crippen molar-refractivity contribution in [3.05, 3.63) is 70.3 Å². The number of hydrogen-bond acceptors (Lipinski definition) is 0. The molecule has 0 spiro atoms. The van der Waals surface area contributed by atoms with Crippen LogP contribution in [0.2, 0.25) is 0 Å². The van der Waals surface area contributed by atoms with E-state index in [1.807, 2.05) is 0 Å². The number of benzene rings is 2. The van der Waals surface area contributed by atoms with Gasteiger partial charge in [-0.25, -0.2) is 0 Å². The van der Waals surface area contributed by atoms with Gasteiger partial charge in [-0.2, -0.15) is 0 Å². The molecule has 0 radical (unpaired) electrons. The van der Waals surface area contributed by atoms with E-state index in [-0.39, 0.29) is 0 Å². The summed E-state index contributed by atoms with van der Waals surface area (Å²) < 4.78 is 0. The van der Waals surface area contributed by atoms with E-state index in [0.717, 1.165) is 0 Å². The van der Waals surface area contributed by atoms with Crippen LogP contribution in [-0.4, -0.2) is 0 Å². The van der Waals surface area contributed by atoms with E-state index in [2.05, 4.69) is 72.2 Å². The summed E-state index contributed by atoms with van der Waals surface area (Å²) in [5.74, 6) is 0.699. The number of aryl methyl sites for hydroxylation is 3. The van der Waals surface area contributed by atoms with Crippen molar-refractivity contribution < 1.29 is 0 Å². The van der Waals surface area contributed by atoms with Crippen LogP contribution in [0.3, 0.4) is 0 Å². The first kappa shape index (κ1) is 13.9. The van der Waals surface area contributed by atoms with Crippen molar-refractivity contribution in [1.29, 1.82) is 0 Å². The van der Waals surface area contributed by atoms with Crippen molar-refractivity contribution in [2.24, 2.45) is 5.92 Å². The molecule has 0 aliphatic heterocycles. The Morgan fingerprint density at radius 3 is 2.60 bits per heavy atom. The predicted octanol–water partition coefficient (Wildman–Crippen LogP) is 5.54. The Bertz CT molecular complexity index is 615. The number of halogens is 1. The van der Waals surface area contributed by atoms with E-state index in [9.17, 15) is 0 Å². The van der Waals surface area contributed by atoms with E-state index in [1.165, 1.54) is 36.0 Å². The molecule has 0 nitrogen and oxygen atoms in total. The van der Waals surface area contributed by atoms with Crippen LogP contribution in [0, 0.1) is 19.8 Å². The van der Waals surface area contributed by atoms with Crippen LogP contribution < -0.4 is 0 Å². The van der Waals surface area contributed by atoms with Gasteiger partial charge >= 0.3 is 0 Å². The number of hydrogen-bond donors (Lipinski definition) is 0. The van der Waals surface area contributed by atoms with E-state index >= 15 is 0 Å². The van der Waals surface area contributed by atoms with Crippen molar-refractivity contribution >= 4 is 15.9 Å². The zero-order valence-electron chi connectivity index (χ0n) is 12.2. The molecule has 2 aromatic rings. The van der Waals surface area contributed by atoms with Crippen LogP contribution in [0.15, 0.2) is 42.5 Å². The highest BCUT2D eigenvalue weighted by atomic mass is 79.9. The second-order valence-corrected chi connectivity index (χ2v) is 7.02. The average molecular weight is 329 g/mol. The lowest BCUT2D eigenvalue weighted by Gasteiger charge is -2.29. The lowest BCUT2D eigenvalue weighted by Crippen LogP contribution is -2.18. The summed E-state index contributed by atoms with van der Waals surface area (Å²) >= 11 is 3.98. The minimum atomic E-state index is 0.468. The normalized spacial score (nSPS) is 19.4. The molecular weight excluding hydrogens is 308 g/mol. The SMILES string of the molecule is Cc1ccc(C)c(C(Br)C2CCc3ccccc3C2)c1. The van der Waals surface area contributed by atoms with Gasteiger partial charge < -0.3 is 0 Å². The molecule has 20 heavy (non-hydrogen) atoms. The van der Waals surface area contributed by atoms with Crippen molar-refractivity contribution in [2.45, 2.75) is 37.9 Å². The van der Waals surface area contributed by atoms with Crippen LogP contribution in [0.4, 0.5) is 0 Å². The van der Waals surface area contributed by atoms with E-state index in [0.29, 0.717) is 10.7 Å². The molecule has 0 saturated heterocycles. The van der Waals surface area contributed by atoms with Gasteiger partial charge in [0, 0.05) is 4.83 Å². The van der Waals surface area contributed by atoms with Gasteiger partial charge in [-0.3, -0.25) is 0 Å². The molecule has 0 fully saturated rings. The van der Waals surface area contributed by atoms with Gasteiger partial charge in [-0.05, 0) is 61.3 Å². The summed E-state index contributed by atoms with van der Waals surface area (Å²) in [5.41, 5.74) is 7.31. The maximum Gasteiger partial charge on any atom is 0.0429 e. The van der Waals surface area contributed by atoms with Crippen molar-refractivity contribution in [3.63, 3.8) is 0 Å². The Labute approximate surface area is 130 Å². The molecule has 0 aromatic heterocycles. The van der Waals surface area contributed by atoms with Crippen molar-refractivity contribution in [2.75, 3.05) is 0 Å². The Morgan fingerprint density at radius 2 is 1.80 bits per heavy atom. The van der Waals surface area contributed by atoms with Crippen LogP contribution in [0.1, 0.15) is 39.1 Å². The van der Waals surface area contributed by atoms with Gasteiger partial charge in [-0.1, -0.05) is 64.0 Å². The van der Waals surface area contributed by atoms with Gasteiger partial charge in [0.15, 0.2) is 0 Å². The molecule has 1 aliphatic carbocycles. The highest BCUT2D eigenvalue weighted by molar-refractivity contribution is 9.09. The largest absolute Gasteiger partial charge is 0.0836 e. The summed E-state index contributed by atoms with van der Waals surface area (Å²) in [6.07, 6.45) is 3.69. The minimum absolute atomic E-state index is 0.468. The van der Waals surface area contributed by atoms with Gasteiger partial charge in [0.25, 0.3) is 0 Å². The van der Waals surface area contributed by atoms with Gasteiger partial charge in [0.2, 0.25) is 0 Å². The lowest BCUT2D eigenvalue weighted by atomic mass is 9.80. The standard InChI is InChI=1S/C19H21Br/c1-13-7-8-14(2)18(11-13)19(20)17-10-9-15-5-3-4-6-16(15)12-17/h3-8,11,17,19H,9-10,12H2,1-2H3. The zero-order chi connectivity index (χ0) is 14.1. The zero-order valence-corrected chi connectivity index (χ0v) is 13.8. The third kappa shape index (κ3) is 2.69. The minimum Gasteiger partial charge on any atom is -0.0836 e. The fourth-order valence-electron chi connectivity index (χ4n) is 3.29. The third-order valence-corrected chi connectivity index (χ3v) is 5.77. The van der Waals surface area contributed by atoms with Gasteiger partial charge in [-0.15, -0.1) is 0 Å². The maximum atomic E-state index is 3.98. The smallest absolute Gasteiger partial charge is 0.0429 e. The third-order valence-electron chi connectivity index (χ3n) is 4.53. The molecule has 1 heteroatoms. The molecule has 0 saturated carbocycles. The summed E-state index contributed by atoms with van der Waals surface area (Å²) in [4.78, 5) is 0.468. The highest BCUT2D eigenvalue weighted by Gasteiger charge is 2.26. The highest BCUT2D eigenvalue weighted by Crippen LogP contribution is 2.40. The molecule has 2 aromatic carbocycles. The summed E-state index contributed by atoms with van der Waals surface area (Å²) in [5, 5.41) is 0. The Kier molecular flexibility index (Phi) is 3.98. The fourth-order valence-corrected chi connectivity index (χ4v) is 4.23. The van der Waals surface area contributed by atoms with Crippen LogP contribution in [0.5, 0.6) is 0 Å². The first-order valence-electron chi connectivity index (χ1n) is 7.43. The van der Waals surface area contributed by atoms with Crippen LogP contribution in [-0.2, 0) is 12.8 Å². The summed E-state index contributed by atoms with van der Waals surface area (Å²) in [7, 11) is 0. The Morgan fingerprint density at radius 1 is 1.05 bits per heavy atom. The van der Waals surface area contributed by atoms with E-state index in [1.54, 1.807) is 11.1 Å². The molecule has 104 valence electrons. The lowest BCUT2D eigenvalue weighted by molar-refractivity contribution is 0.452. The number of alkyl halides is 1. The predicted molar refractivity (Wildman–Crippen MR) is 89.5 cm³/mol. The Balaban J connectivity index is 1.85. The van der Waals surface area contributed by atoms with E-state index in [4.69, 9.17) is 0 Å². The topological polar surface area (TPSA) is 0 Å². The van der Waals surface area contributed by atoms with Crippen LogP contribution in [0.25, 0.3) is 0 Å². The molecule has 0 N–H and O–H groups in total. The van der Waals surface area contributed by atoms with Crippen molar-refractivity contribution in [1.82, 2.24) is 0 Å². The number of fused-ring (bicyclic) bond motifs is 1. The first-order valence-corrected chi connectivity index (χ1v) is 8.34. The van der Waals surface area contributed by atoms with Crippen molar-refractivity contribution in [3.8, 4) is 0 Å². The molecule has 3 rings (SSSR count). The number of rotatable bonds is 2. The quantitative estimate of drug-likeness (QED) is 0.634. The second kappa shape index (κ2) is 5.73. The monoisotopic (exact) mass is 328 g/mol. The molecule has 1 aliphatic rings. The average Bonchev–Trinajstić information content (AvgIpc) is 2.48. The Hall–Kier alpha value is -1.08. The molecular formula is C19H21Br. The maximum absolute atomic E-state index is 3.98. The van der Waals surface area contributed by atoms with Gasteiger partial charge in [0.1, 0.15) is 0 Å². The van der Waals surface area contributed by atoms with E-state index < -0.39 is 0 Å². The van der Waals surface area contributed by atoms with Crippen LogP contribution >= 0.6 is 15.9 Å². The second-order valence-electron chi connectivity index (χ2n) is 6.03. The molecule has 0 amide bonds. The summed E-state index contributed by atoms with van der Waals surface area (Å²) in [6, 6.07) is 15.7. The van der Waals surface area contributed by atoms with Gasteiger partial charge in [0.05, 0.1) is 0 Å². The summed E-state index contributed by atoms with van der Waals surface area (Å²) in [6.45, 7) is 4.40. The molecule has 0 heterocycles. The molecule has 2 atom stereocenters. The molecule has 0 bridgehead atoms.